The SMILES string of the molecule is CN(C)CCCOc1ccc(-c2nnc(SC(=O)c3ccccc3)o2)cc1. The molecule has 0 N–H and O–H groups in total. The molecule has 0 fully saturated rings. The average molecular weight is 383 g/mol. The standard InChI is InChI=1S/C20H21N3O3S/c1-23(2)13-6-14-25-17-11-9-15(10-12-17)18-21-22-20(26-18)27-19(24)16-7-4-3-5-8-16/h3-5,7-12H,6,13-14H2,1-2H3. The minimum Gasteiger partial charge on any atom is -0.494 e. The molecule has 3 rings (SSSR count). The first-order valence-electron chi connectivity index (χ1n) is 8.60. The summed E-state index contributed by atoms with van der Waals surface area (Å²) in [5, 5.41) is 8.06. The quantitative estimate of drug-likeness (QED) is 0.430. The smallest absolute Gasteiger partial charge is 0.284 e. The van der Waals surface area contributed by atoms with Gasteiger partial charge in [-0.05, 0) is 44.8 Å². The van der Waals surface area contributed by atoms with Crippen molar-refractivity contribution in [2.75, 3.05) is 27.2 Å². The number of benzene rings is 2. The van der Waals surface area contributed by atoms with E-state index in [2.05, 4.69) is 15.1 Å². The molecule has 0 atom stereocenters. The van der Waals surface area contributed by atoms with E-state index in [1.54, 1.807) is 12.1 Å². The summed E-state index contributed by atoms with van der Waals surface area (Å²) in [4.78, 5) is 14.3. The predicted octanol–water partition coefficient (Wildman–Crippen LogP) is 4.00. The zero-order valence-corrected chi connectivity index (χ0v) is 16.1. The van der Waals surface area contributed by atoms with Crippen molar-refractivity contribution < 1.29 is 13.9 Å². The van der Waals surface area contributed by atoms with Crippen LogP contribution in [0, 0.1) is 0 Å². The second kappa shape index (κ2) is 9.34. The van der Waals surface area contributed by atoms with Gasteiger partial charge in [0.2, 0.25) is 11.0 Å². The molecule has 0 amide bonds. The van der Waals surface area contributed by atoms with Gasteiger partial charge in [-0.3, -0.25) is 4.79 Å². The number of ether oxygens (including phenoxy) is 1. The van der Waals surface area contributed by atoms with Crippen LogP contribution < -0.4 is 4.74 Å². The molecule has 1 aromatic heterocycles. The second-order valence-electron chi connectivity index (χ2n) is 6.16. The number of hydrogen-bond donors (Lipinski definition) is 0. The Hall–Kier alpha value is -2.64. The maximum Gasteiger partial charge on any atom is 0.284 e. The number of carbonyl (C=O) groups excluding carboxylic acids is 1. The Labute approximate surface area is 162 Å². The zero-order chi connectivity index (χ0) is 19.1. The van der Waals surface area contributed by atoms with E-state index in [1.165, 1.54) is 0 Å². The molecule has 0 saturated carbocycles. The molecule has 3 aromatic rings. The molecule has 2 aromatic carbocycles. The minimum atomic E-state index is -0.132. The van der Waals surface area contributed by atoms with Crippen molar-refractivity contribution in [3.05, 3.63) is 60.2 Å². The monoisotopic (exact) mass is 383 g/mol. The summed E-state index contributed by atoms with van der Waals surface area (Å²) in [6.07, 6.45) is 0.967. The van der Waals surface area contributed by atoms with E-state index in [9.17, 15) is 4.79 Å². The normalized spacial score (nSPS) is 10.9. The molecule has 0 aliphatic heterocycles. The van der Waals surface area contributed by atoms with Crippen LogP contribution in [0.4, 0.5) is 0 Å². The molecule has 1 heterocycles. The molecule has 0 bridgehead atoms. The molecule has 0 spiro atoms. The third-order valence-corrected chi connectivity index (χ3v) is 4.48. The summed E-state index contributed by atoms with van der Waals surface area (Å²) in [5.41, 5.74) is 1.38. The molecule has 140 valence electrons. The van der Waals surface area contributed by atoms with E-state index < -0.39 is 0 Å². The highest BCUT2D eigenvalue weighted by atomic mass is 32.2. The van der Waals surface area contributed by atoms with Crippen molar-refractivity contribution in [1.82, 2.24) is 15.1 Å². The third kappa shape index (κ3) is 5.67. The van der Waals surface area contributed by atoms with Crippen LogP contribution in [0.2, 0.25) is 0 Å². The van der Waals surface area contributed by atoms with Crippen molar-refractivity contribution in [3.8, 4) is 17.2 Å². The van der Waals surface area contributed by atoms with Crippen LogP contribution in [-0.2, 0) is 0 Å². The Morgan fingerprint density at radius 1 is 1.07 bits per heavy atom. The summed E-state index contributed by atoms with van der Waals surface area (Å²) in [7, 11) is 4.08. The Bertz CT molecular complexity index is 864. The molecule has 27 heavy (non-hydrogen) atoms. The van der Waals surface area contributed by atoms with Gasteiger partial charge in [0.25, 0.3) is 5.22 Å². The van der Waals surface area contributed by atoms with Crippen LogP contribution in [0.15, 0.2) is 64.2 Å². The lowest BCUT2D eigenvalue weighted by Crippen LogP contribution is -2.15. The lowest BCUT2D eigenvalue weighted by atomic mass is 10.2. The van der Waals surface area contributed by atoms with Crippen LogP contribution in [0.1, 0.15) is 16.8 Å². The summed E-state index contributed by atoms with van der Waals surface area (Å²) >= 11 is 0.923. The fourth-order valence-corrected chi connectivity index (χ4v) is 2.96. The van der Waals surface area contributed by atoms with Crippen LogP contribution in [0.3, 0.4) is 0 Å². The highest BCUT2D eigenvalue weighted by molar-refractivity contribution is 8.14. The Morgan fingerprint density at radius 3 is 2.52 bits per heavy atom. The molecule has 0 radical (unpaired) electrons. The molecule has 0 aliphatic carbocycles. The van der Waals surface area contributed by atoms with Crippen molar-refractivity contribution in [2.45, 2.75) is 11.6 Å². The minimum absolute atomic E-state index is 0.132. The van der Waals surface area contributed by atoms with Crippen molar-refractivity contribution in [3.63, 3.8) is 0 Å². The highest BCUT2D eigenvalue weighted by Gasteiger charge is 2.14. The first-order valence-corrected chi connectivity index (χ1v) is 9.42. The summed E-state index contributed by atoms with van der Waals surface area (Å²) < 4.78 is 11.3. The molecule has 0 aliphatic rings. The zero-order valence-electron chi connectivity index (χ0n) is 15.3. The van der Waals surface area contributed by atoms with Gasteiger partial charge in [0.15, 0.2) is 0 Å². The lowest BCUT2D eigenvalue weighted by Gasteiger charge is -2.10. The molecule has 7 heteroatoms. The Balaban J connectivity index is 1.57. The van der Waals surface area contributed by atoms with Crippen LogP contribution in [0.5, 0.6) is 5.75 Å². The second-order valence-corrected chi connectivity index (χ2v) is 7.08. The fourth-order valence-electron chi connectivity index (χ4n) is 2.34. The maximum absolute atomic E-state index is 12.2. The Kier molecular flexibility index (Phi) is 6.62. The first-order chi connectivity index (χ1) is 13.1. The van der Waals surface area contributed by atoms with E-state index in [-0.39, 0.29) is 10.3 Å². The molecular weight excluding hydrogens is 362 g/mol. The van der Waals surface area contributed by atoms with Crippen molar-refractivity contribution in [1.29, 1.82) is 0 Å². The largest absolute Gasteiger partial charge is 0.494 e. The van der Waals surface area contributed by atoms with Gasteiger partial charge in [0.1, 0.15) is 5.75 Å². The fraction of sp³-hybridized carbons (Fsp3) is 0.250. The van der Waals surface area contributed by atoms with Gasteiger partial charge in [-0.25, -0.2) is 0 Å². The average Bonchev–Trinajstić information content (AvgIpc) is 3.15. The number of thioether (sulfide) groups is 1. The van der Waals surface area contributed by atoms with Crippen LogP contribution in [-0.4, -0.2) is 47.5 Å². The predicted molar refractivity (Wildman–Crippen MR) is 105 cm³/mol. The van der Waals surface area contributed by atoms with E-state index in [4.69, 9.17) is 9.15 Å². The van der Waals surface area contributed by atoms with Gasteiger partial charge in [-0.1, -0.05) is 30.3 Å². The van der Waals surface area contributed by atoms with Gasteiger partial charge < -0.3 is 14.1 Å². The highest BCUT2D eigenvalue weighted by Crippen LogP contribution is 2.26. The van der Waals surface area contributed by atoms with Gasteiger partial charge in [0, 0.05) is 29.4 Å². The van der Waals surface area contributed by atoms with Gasteiger partial charge in [-0.15, -0.1) is 10.2 Å². The lowest BCUT2D eigenvalue weighted by molar-refractivity contribution is 0.108. The first kappa shape index (κ1) is 19.1. The summed E-state index contributed by atoms with van der Waals surface area (Å²) in [6, 6.07) is 16.5. The third-order valence-electron chi connectivity index (χ3n) is 3.72. The molecule has 0 saturated heterocycles. The topological polar surface area (TPSA) is 68.5 Å². The van der Waals surface area contributed by atoms with E-state index in [0.717, 1.165) is 36.0 Å². The Morgan fingerprint density at radius 2 is 1.81 bits per heavy atom. The number of aromatic nitrogens is 2. The maximum atomic E-state index is 12.2. The van der Waals surface area contributed by atoms with Gasteiger partial charge >= 0.3 is 0 Å². The summed E-state index contributed by atoms with van der Waals surface area (Å²) in [6.45, 7) is 1.66. The summed E-state index contributed by atoms with van der Waals surface area (Å²) in [5.74, 6) is 1.17. The van der Waals surface area contributed by atoms with E-state index in [1.807, 2.05) is 56.6 Å². The molecular formula is C20H21N3O3S. The number of carbonyl (C=O) groups is 1. The number of nitrogens with zero attached hydrogens (tertiary/aromatic N) is 3. The number of hydrogen-bond acceptors (Lipinski definition) is 7. The van der Waals surface area contributed by atoms with Crippen molar-refractivity contribution >= 4 is 16.9 Å². The van der Waals surface area contributed by atoms with E-state index >= 15 is 0 Å². The van der Waals surface area contributed by atoms with Gasteiger partial charge in [-0.2, -0.15) is 0 Å². The van der Waals surface area contributed by atoms with Gasteiger partial charge in [0.05, 0.1) is 6.61 Å². The van der Waals surface area contributed by atoms with E-state index in [0.29, 0.717) is 18.1 Å². The van der Waals surface area contributed by atoms with Crippen LogP contribution >= 0.6 is 11.8 Å². The van der Waals surface area contributed by atoms with Crippen molar-refractivity contribution in [2.24, 2.45) is 0 Å². The van der Waals surface area contributed by atoms with Crippen LogP contribution in [0.25, 0.3) is 11.5 Å². The number of rotatable bonds is 8. The molecule has 6 nitrogen and oxygen atoms in total. The molecule has 0 unspecified atom stereocenters.